The lowest BCUT2D eigenvalue weighted by Gasteiger charge is -2.29. The van der Waals surface area contributed by atoms with Gasteiger partial charge in [-0.25, -0.2) is 4.98 Å². The van der Waals surface area contributed by atoms with Crippen molar-refractivity contribution in [3.8, 4) is 6.07 Å². The average molecular weight is 427 g/mol. The van der Waals surface area contributed by atoms with E-state index >= 15 is 0 Å². The number of piperidine rings is 1. The van der Waals surface area contributed by atoms with Gasteiger partial charge in [-0.15, -0.1) is 0 Å². The van der Waals surface area contributed by atoms with E-state index in [0.29, 0.717) is 24.2 Å². The van der Waals surface area contributed by atoms with E-state index in [2.05, 4.69) is 26.7 Å². The lowest BCUT2D eigenvalue weighted by molar-refractivity contribution is -0.129. The molecule has 2 aromatic rings. The maximum atomic E-state index is 13.2. The molecule has 1 aliphatic heterocycles. The summed E-state index contributed by atoms with van der Waals surface area (Å²) in [6.45, 7) is 7.65. The first-order valence-corrected chi connectivity index (χ1v) is 10.8. The lowest BCUT2D eigenvalue weighted by atomic mass is 9.89. The van der Waals surface area contributed by atoms with Crippen molar-refractivity contribution in [2.45, 2.75) is 71.5 Å². The zero-order valence-electron chi connectivity index (χ0n) is 18.4. The number of pyridine rings is 1. The summed E-state index contributed by atoms with van der Waals surface area (Å²) in [5.41, 5.74) is 0.554. The van der Waals surface area contributed by atoms with E-state index in [0.717, 1.165) is 6.42 Å². The monoisotopic (exact) mass is 426 g/mol. The molecule has 0 bridgehead atoms. The molecule has 1 aliphatic rings. The zero-order chi connectivity index (χ0) is 22.7. The number of imidazole rings is 1. The highest BCUT2D eigenvalue weighted by Crippen LogP contribution is 2.22. The Balaban J connectivity index is 1.81. The number of nitriles is 1. The summed E-state index contributed by atoms with van der Waals surface area (Å²) in [5.74, 6) is -0.0263. The summed E-state index contributed by atoms with van der Waals surface area (Å²) in [6.07, 6.45) is 3.80. The molecule has 166 valence electrons. The van der Waals surface area contributed by atoms with Crippen LogP contribution < -0.4 is 16.2 Å². The van der Waals surface area contributed by atoms with Crippen LogP contribution in [0.15, 0.2) is 17.1 Å². The lowest BCUT2D eigenvalue weighted by Crippen LogP contribution is -2.47. The number of nitrogens with one attached hydrogen (secondary N) is 3. The first-order valence-electron chi connectivity index (χ1n) is 10.8. The van der Waals surface area contributed by atoms with E-state index in [1.807, 2.05) is 20.8 Å². The van der Waals surface area contributed by atoms with Crippen LogP contribution in [0, 0.1) is 30.1 Å². The molecule has 31 heavy (non-hydrogen) atoms. The third-order valence-corrected chi connectivity index (χ3v) is 5.72. The molecule has 3 heterocycles. The topological polar surface area (TPSA) is 133 Å². The number of nitrogens with zero attached hydrogens (tertiary/aromatic N) is 3. The van der Waals surface area contributed by atoms with Gasteiger partial charge in [-0.05, 0) is 51.5 Å². The second-order valence-corrected chi connectivity index (χ2v) is 8.87. The number of H-pyrrole nitrogens is 1. The summed E-state index contributed by atoms with van der Waals surface area (Å²) in [5, 5.41) is 15.3. The van der Waals surface area contributed by atoms with Crippen LogP contribution in [-0.4, -0.2) is 38.4 Å². The minimum absolute atomic E-state index is 0.0810. The Morgan fingerprint density at radius 1 is 1.39 bits per heavy atom. The van der Waals surface area contributed by atoms with Crippen molar-refractivity contribution in [2.75, 3.05) is 0 Å². The molecular formula is C22H30N6O3. The van der Waals surface area contributed by atoms with Gasteiger partial charge in [0.25, 0.3) is 5.56 Å². The van der Waals surface area contributed by atoms with Crippen LogP contribution in [0.5, 0.6) is 0 Å². The molecule has 0 saturated carbocycles. The largest absolute Gasteiger partial charge is 0.353 e. The van der Waals surface area contributed by atoms with Gasteiger partial charge in [0.1, 0.15) is 17.9 Å². The molecule has 9 heteroatoms. The Hall–Kier alpha value is -3.15. The van der Waals surface area contributed by atoms with Gasteiger partial charge in [-0.3, -0.25) is 14.4 Å². The first kappa shape index (κ1) is 22.5. The number of hydrogen-bond acceptors (Lipinski definition) is 5. The molecule has 3 rings (SSSR count). The van der Waals surface area contributed by atoms with Gasteiger partial charge in [-0.1, -0.05) is 13.8 Å². The summed E-state index contributed by atoms with van der Waals surface area (Å²) in [7, 11) is 0. The second-order valence-electron chi connectivity index (χ2n) is 8.87. The molecule has 2 aromatic heterocycles. The SMILES string of the molecule is Cc1nc2c(=O)n(C(CC(C)C)C(=O)N[C@H](C#N)C[C@@H]3CC[C@H](C)NC3=O)ccc2[nH]1. The third-order valence-electron chi connectivity index (χ3n) is 5.72. The quantitative estimate of drug-likeness (QED) is 0.622. The van der Waals surface area contributed by atoms with E-state index in [-0.39, 0.29) is 41.3 Å². The number of hydrogen-bond donors (Lipinski definition) is 3. The molecule has 0 radical (unpaired) electrons. The predicted molar refractivity (Wildman–Crippen MR) is 116 cm³/mol. The van der Waals surface area contributed by atoms with Crippen molar-refractivity contribution in [3.63, 3.8) is 0 Å². The number of amides is 2. The number of aromatic amines is 1. The summed E-state index contributed by atoms with van der Waals surface area (Å²) in [6, 6.07) is 2.38. The van der Waals surface area contributed by atoms with Gasteiger partial charge in [-0.2, -0.15) is 5.26 Å². The second kappa shape index (κ2) is 9.33. The maximum absolute atomic E-state index is 13.2. The standard InChI is InChI=1S/C22H30N6O3/c1-12(2)9-18(28-8-7-17-19(22(28)31)26-14(4)25-17)21(30)27-16(11-23)10-15-6-5-13(3)24-20(15)29/h7-8,12-13,15-16,18H,5-6,9-10H2,1-4H3,(H,24,29)(H,25,26)(H,27,30)/t13-,15-,16-,18?/m0/s1. The molecule has 2 amide bonds. The molecule has 0 aromatic carbocycles. The van der Waals surface area contributed by atoms with Crippen molar-refractivity contribution in [2.24, 2.45) is 11.8 Å². The van der Waals surface area contributed by atoms with Crippen LogP contribution in [0.2, 0.25) is 0 Å². The highest BCUT2D eigenvalue weighted by molar-refractivity contribution is 5.82. The molecule has 0 spiro atoms. The fraction of sp³-hybridized carbons (Fsp3) is 0.591. The fourth-order valence-corrected chi connectivity index (χ4v) is 4.11. The van der Waals surface area contributed by atoms with Gasteiger partial charge in [0.05, 0.1) is 11.6 Å². The molecule has 9 nitrogen and oxygen atoms in total. The van der Waals surface area contributed by atoms with E-state index in [4.69, 9.17) is 0 Å². The van der Waals surface area contributed by atoms with Gasteiger partial charge < -0.3 is 20.2 Å². The molecule has 3 N–H and O–H groups in total. The smallest absolute Gasteiger partial charge is 0.279 e. The van der Waals surface area contributed by atoms with Crippen LogP contribution in [-0.2, 0) is 9.59 Å². The van der Waals surface area contributed by atoms with E-state index in [9.17, 15) is 19.6 Å². The molecule has 1 saturated heterocycles. The minimum atomic E-state index is -0.807. The minimum Gasteiger partial charge on any atom is -0.353 e. The number of rotatable bonds is 7. The highest BCUT2D eigenvalue weighted by atomic mass is 16.2. The number of carbonyl (C=O) groups excluding carboxylic acids is 2. The van der Waals surface area contributed by atoms with Crippen molar-refractivity contribution < 1.29 is 9.59 Å². The van der Waals surface area contributed by atoms with E-state index in [1.165, 1.54) is 4.57 Å². The van der Waals surface area contributed by atoms with Crippen LogP contribution >= 0.6 is 0 Å². The summed E-state index contributed by atoms with van der Waals surface area (Å²) < 4.78 is 1.39. The van der Waals surface area contributed by atoms with Crippen molar-refractivity contribution in [3.05, 3.63) is 28.4 Å². The molecule has 4 atom stereocenters. The fourth-order valence-electron chi connectivity index (χ4n) is 4.11. The molecule has 1 fully saturated rings. The highest BCUT2D eigenvalue weighted by Gasteiger charge is 2.31. The number of aromatic nitrogens is 3. The van der Waals surface area contributed by atoms with Crippen LogP contribution in [0.3, 0.4) is 0 Å². The van der Waals surface area contributed by atoms with Gasteiger partial charge in [0, 0.05) is 18.2 Å². The molecule has 0 aliphatic carbocycles. The van der Waals surface area contributed by atoms with Crippen molar-refractivity contribution in [1.29, 1.82) is 5.26 Å². The summed E-state index contributed by atoms with van der Waals surface area (Å²) in [4.78, 5) is 45.7. The molecule has 1 unspecified atom stereocenters. The zero-order valence-corrected chi connectivity index (χ0v) is 18.4. The Kier molecular flexibility index (Phi) is 6.78. The van der Waals surface area contributed by atoms with Gasteiger partial charge in [0.2, 0.25) is 11.8 Å². The average Bonchev–Trinajstić information content (AvgIpc) is 3.09. The molecular weight excluding hydrogens is 396 g/mol. The number of carbonyl (C=O) groups is 2. The third kappa shape index (κ3) is 5.13. The Bertz CT molecular complexity index is 1060. The number of aryl methyl sites for hydroxylation is 1. The Morgan fingerprint density at radius 2 is 2.13 bits per heavy atom. The maximum Gasteiger partial charge on any atom is 0.279 e. The number of fused-ring (bicyclic) bond motifs is 1. The Labute approximate surface area is 181 Å². The normalized spacial score (nSPS) is 20.8. The van der Waals surface area contributed by atoms with E-state index in [1.54, 1.807) is 19.2 Å². The predicted octanol–water partition coefficient (Wildman–Crippen LogP) is 1.93. The Morgan fingerprint density at radius 3 is 2.77 bits per heavy atom. The first-order chi connectivity index (χ1) is 14.7. The van der Waals surface area contributed by atoms with E-state index < -0.39 is 18.0 Å². The van der Waals surface area contributed by atoms with Crippen LogP contribution in [0.25, 0.3) is 11.0 Å². The van der Waals surface area contributed by atoms with Crippen molar-refractivity contribution >= 4 is 22.8 Å². The van der Waals surface area contributed by atoms with Gasteiger partial charge in [0.15, 0.2) is 5.52 Å². The van der Waals surface area contributed by atoms with Crippen LogP contribution in [0.1, 0.15) is 58.3 Å². The summed E-state index contributed by atoms with van der Waals surface area (Å²) >= 11 is 0. The van der Waals surface area contributed by atoms with Crippen molar-refractivity contribution in [1.82, 2.24) is 25.2 Å². The van der Waals surface area contributed by atoms with Crippen LogP contribution in [0.4, 0.5) is 0 Å². The van der Waals surface area contributed by atoms with Gasteiger partial charge >= 0.3 is 0 Å².